The van der Waals surface area contributed by atoms with Crippen molar-refractivity contribution in [1.29, 1.82) is 0 Å². The lowest BCUT2D eigenvalue weighted by atomic mass is 10.2. The van der Waals surface area contributed by atoms with Gasteiger partial charge in [0.2, 0.25) is 0 Å². The van der Waals surface area contributed by atoms with Crippen LogP contribution in [0.2, 0.25) is 0 Å². The number of nitrogens with two attached hydrogens (primary N) is 1. The number of anilines is 1. The molecule has 0 unspecified atom stereocenters. The van der Waals surface area contributed by atoms with Crippen molar-refractivity contribution < 1.29 is 5.11 Å². The van der Waals surface area contributed by atoms with Gasteiger partial charge in [-0.3, -0.25) is 0 Å². The van der Waals surface area contributed by atoms with E-state index in [0.717, 1.165) is 0 Å². The second-order valence-electron chi connectivity index (χ2n) is 1.83. The molecule has 1 aromatic carbocycles. The number of aromatic hydroxyl groups is 1. The normalized spacial score (nSPS) is 9.20. The molecule has 0 atom stereocenters. The summed E-state index contributed by atoms with van der Waals surface area (Å²) in [6.45, 7) is 0. The van der Waals surface area contributed by atoms with Crippen molar-refractivity contribution in [3.8, 4) is 5.75 Å². The molecule has 0 radical (unpaired) electrons. The van der Waals surface area contributed by atoms with Gasteiger partial charge in [-0.2, -0.15) is 0 Å². The van der Waals surface area contributed by atoms with Crippen LogP contribution in [0, 0.1) is 4.91 Å². The number of phenolic OH excluding ortho intramolecular Hbond substituents is 1. The highest BCUT2D eigenvalue weighted by atomic mass is 16.3. The first-order valence-electron chi connectivity index (χ1n) is 2.66. The van der Waals surface area contributed by atoms with Crippen molar-refractivity contribution >= 4 is 11.4 Å². The molecule has 4 heteroatoms. The topological polar surface area (TPSA) is 75.7 Å². The van der Waals surface area contributed by atoms with Gasteiger partial charge in [0.25, 0.3) is 0 Å². The maximum atomic E-state index is 9.93. The van der Waals surface area contributed by atoms with Gasteiger partial charge in [0, 0.05) is 6.07 Å². The van der Waals surface area contributed by atoms with Crippen LogP contribution in [0.25, 0.3) is 0 Å². The number of hydrogen-bond donors (Lipinski definition) is 2. The molecule has 0 saturated carbocycles. The molecular formula is C6H6N2O2. The fourth-order valence-corrected chi connectivity index (χ4v) is 0.625. The third-order valence-corrected chi connectivity index (χ3v) is 1.11. The van der Waals surface area contributed by atoms with Gasteiger partial charge in [-0.15, -0.1) is 4.91 Å². The molecule has 0 heterocycles. The Hall–Kier alpha value is -1.58. The Morgan fingerprint density at radius 1 is 1.50 bits per heavy atom. The summed E-state index contributed by atoms with van der Waals surface area (Å²) in [4.78, 5) is 9.93. The summed E-state index contributed by atoms with van der Waals surface area (Å²) < 4.78 is 0. The van der Waals surface area contributed by atoms with Gasteiger partial charge < -0.3 is 10.8 Å². The number of phenols is 1. The van der Waals surface area contributed by atoms with Gasteiger partial charge in [-0.1, -0.05) is 0 Å². The third kappa shape index (κ3) is 1.05. The van der Waals surface area contributed by atoms with E-state index in [1.165, 1.54) is 18.2 Å². The molecule has 1 rings (SSSR count). The van der Waals surface area contributed by atoms with E-state index in [0.29, 0.717) is 0 Å². The molecule has 1 aromatic rings. The highest BCUT2D eigenvalue weighted by Gasteiger charge is 1.97. The summed E-state index contributed by atoms with van der Waals surface area (Å²) >= 11 is 0. The highest BCUT2D eigenvalue weighted by molar-refractivity contribution is 5.64. The quantitative estimate of drug-likeness (QED) is 0.454. The van der Waals surface area contributed by atoms with Crippen LogP contribution in [0.15, 0.2) is 23.4 Å². The first-order valence-corrected chi connectivity index (χ1v) is 2.66. The van der Waals surface area contributed by atoms with Crippen molar-refractivity contribution in [3.05, 3.63) is 23.1 Å². The van der Waals surface area contributed by atoms with Crippen LogP contribution in [0.1, 0.15) is 0 Å². The largest absolute Gasteiger partial charge is 0.508 e. The average molecular weight is 138 g/mol. The van der Waals surface area contributed by atoms with Crippen molar-refractivity contribution in [2.24, 2.45) is 5.18 Å². The summed E-state index contributed by atoms with van der Waals surface area (Å²) in [5.41, 5.74) is 5.62. The number of hydrogen-bond acceptors (Lipinski definition) is 4. The van der Waals surface area contributed by atoms with Crippen LogP contribution in [0.3, 0.4) is 0 Å². The summed E-state index contributed by atoms with van der Waals surface area (Å²) in [5.74, 6) is 0.0323. The zero-order valence-electron chi connectivity index (χ0n) is 5.11. The minimum atomic E-state index is 0.0323. The maximum absolute atomic E-state index is 9.93. The number of nitrogens with zero attached hydrogens (tertiary/aromatic N) is 1. The monoisotopic (exact) mass is 138 g/mol. The standard InChI is InChI=1S/C6H6N2O2/c7-5-3-4(9)1-2-6(5)8-10/h1-3,9H,7H2. The van der Waals surface area contributed by atoms with E-state index in [1.807, 2.05) is 0 Å². The van der Waals surface area contributed by atoms with Crippen LogP contribution >= 0.6 is 0 Å². The lowest BCUT2D eigenvalue weighted by Crippen LogP contribution is -1.83. The zero-order valence-corrected chi connectivity index (χ0v) is 5.11. The van der Waals surface area contributed by atoms with Gasteiger partial charge in [0.1, 0.15) is 11.4 Å². The molecule has 0 aromatic heterocycles. The predicted molar refractivity (Wildman–Crippen MR) is 38.0 cm³/mol. The second-order valence-corrected chi connectivity index (χ2v) is 1.83. The van der Waals surface area contributed by atoms with Gasteiger partial charge in [0.05, 0.1) is 5.69 Å². The van der Waals surface area contributed by atoms with Crippen LogP contribution in [-0.2, 0) is 0 Å². The molecule has 0 saturated heterocycles. The molecule has 52 valence electrons. The first-order chi connectivity index (χ1) is 4.74. The van der Waals surface area contributed by atoms with Crippen LogP contribution in [0.4, 0.5) is 11.4 Å². The molecule has 0 aliphatic carbocycles. The van der Waals surface area contributed by atoms with Crippen molar-refractivity contribution in [2.75, 3.05) is 5.73 Å². The molecule has 0 fully saturated rings. The predicted octanol–water partition coefficient (Wildman–Crippen LogP) is 1.37. The van der Waals surface area contributed by atoms with E-state index < -0.39 is 0 Å². The van der Waals surface area contributed by atoms with Crippen LogP contribution in [-0.4, -0.2) is 5.11 Å². The number of nitroso groups, excluding NO2 is 1. The molecule has 0 spiro atoms. The Bertz CT molecular complexity index is 260. The van der Waals surface area contributed by atoms with Crippen molar-refractivity contribution in [3.63, 3.8) is 0 Å². The van der Waals surface area contributed by atoms with Gasteiger partial charge in [-0.25, -0.2) is 0 Å². The first kappa shape index (κ1) is 6.54. The van der Waals surface area contributed by atoms with E-state index in [4.69, 9.17) is 10.8 Å². The number of rotatable bonds is 1. The second kappa shape index (κ2) is 2.34. The zero-order chi connectivity index (χ0) is 7.56. The molecule has 10 heavy (non-hydrogen) atoms. The Balaban J connectivity index is 3.19. The van der Waals surface area contributed by atoms with Crippen LogP contribution < -0.4 is 5.73 Å². The minimum absolute atomic E-state index is 0.0323. The summed E-state index contributed by atoms with van der Waals surface area (Å²) in [5, 5.41) is 11.4. The van der Waals surface area contributed by atoms with Crippen molar-refractivity contribution in [2.45, 2.75) is 0 Å². The van der Waals surface area contributed by atoms with Gasteiger partial charge in [0.15, 0.2) is 0 Å². The molecule has 4 nitrogen and oxygen atoms in total. The summed E-state index contributed by atoms with van der Waals surface area (Å²) in [6.07, 6.45) is 0. The number of nitrogen functional groups attached to an aromatic ring is 1. The maximum Gasteiger partial charge on any atom is 0.131 e. The molecule has 0 aliphatic rings. The molecule has 0 bridgehead atoms. The SMILES string of the molecule is Nc1cc(O)ccc1N=O. The summed E-state index contributed by atoms with van der Waals surface area (Å²) in [6, 6.07) is 3.99. The summed E-state index contributed by atoms with van der Waals surface area (Å²) in [7, 11) is 0. The Morgan fingerprint density at radius 3 is 2.70 bits per heavy atom. The van der Waals surface area contributed by atoms with E-state index in [9.17, 15) is 4.91 Å². The highest BCUT2D eigenvalue weighted by Crippen LogP contribution is 2.25. The molecular weight excluding hydrogens is 132 g/mol. The molecule has 0 aliphatic heterocycles. The smallest absolute Gasteiger partial charge is 0.131 e. The molecule has 0 amide bonds. The minimum Gasteiger partial charge on any atom is -0.508 e. The number of benzene rings is 1. The Morgan fingerprint density at radius 2 is 2.20 bits per heavy atom. The van der Waals surface area contributed by atoms with Gasteiger partial charge in [-0.05, 0) is 17.3 Å². The van der Waals surface area contributed by atoms with E-state index >= 15 is 0 Å². The fourth-order valence-electron chi connectivity index (χ4n) is 0.625. The third-order valence-electron chi connectivity index (χ3n) is 1.11. The molecule has 3 N–H and O–H groups in total. The lowest BCUT2D eigenvalue weighted by Gasteiger charge is -1.95. The average Bonchev–Trinajstić information content (AvgIpc) is 1.88. The van der Waals surface area contributed by atoms with Crippen LogP contribution in [0.5, 0.6) is 5.75 Å². The lowest BCUT2D eigenvalue weighted by molar-refractivity contribution is 0.475. The van der Waals surface area contributed by atoms with E-state index in [-0.39, 0.29) is 17.1 Å². The van der Waals surface area contributed by atoms with Crippen molar-refractivity contribution in [1.82, 2.24) is 0 Å². The Kier molecular flexibility index (Phi) is 1.53. The fraction of sp³-hybridized carbons (Fsp3) is 0. The van der Waals surface area contributed by atoms with Gasteiger partial charge >= 0.3 is 0 Å². The van der Waals surface area contributed by atoms with E-state index in [1.54, 1.807) is 0 Å². The van der Waals surface area contributed by atoms with E-state index in [2.05, 4.69) is 5.18 Å². The Labute approximate surface area is 57.3 Å².